The highest BCUT2D eigenvalue weighted by molar-refractivity contribution is 7.99. The number of nitriles is 1. The SMILES string of the molecule is C[C@@H]1O[C@H](Sc2ccccc2)[C@H](OC#N)[C@H](OCc2ccccc2)[C@H]1OCc1ccccc1. The predicted octanol–water partition coefficient (Wildman–Crippen LogP) is 5.56. The Morgan fingerprint density at radius 1 is 0.758 bits per heavy atom. The summed E-state index contributed by atoms with van der Waals surface area (Å²) in [5.74, 6) is 0. The van der Waals surface area contributed by atoms with Gasteiger partial charge in [-0.25, -0.2) is 0 Å². The molecule has 1 saturated heterocycles. The fraction of sp³-hybridized carbons (Fsp3) is 0.296. The van der Waals surface area contributed by atoms with Gasteiger partial charge in [-0.2, -0.15) is 5.26 Å². The van der Waals surface area contributed by atoms with Crippen LogP contribution in [0.3, 0.4) is 0 Å². The molecule has 0 aromatic heterocycles. The van der Waals surface area contributed by atoms with Crippen LogP contribution >= 0.6 is 11.8 Å². The molecule has 3 aromatic rings. The summed E-state index contributed by atoms with van der Waals surface area (Å²) in [6, 6.07) is 29.9. The van der Waals surface area contributed by atoms with Gasteiger partial charge < -0.3 is 18.9 Å². The molecule has 0 aliphatic carbocycles. The molecule has 3 aromatic carbocycles. The van der Waals surface area contributed by atoms with E-state index in [0.29, 0.717) is 13.2 Å². The van der Waals surface area contributed by atoms with Crippen molar-refractivity contribution in [2.45, 2.75) is 54.9 Å². The third-order valence-electron chi connectivity index (χ3n) is 5.48. The highest BCUT2D eigenvalue weighted by atomic mass is 32.2. The minimum Gasteiger partial charge on any atom is -0.418 e. The molecule has 0 amide bonds. The molecule has 33 heavy (non-hydrogen) atoms. The topological polar surface area (TPSA) is 60.7 Å². The first kappa shape index (κ1) is 23.3. The lowest BCUT2D eigenvalue weighted by atomic mass is 10.00. The summed E-state index contributed by atoms with van der Waals surface area (Å²) in [5, 5.41) is 9.43. The largest absolute Gasteiger partial charge is 0.418 e. The van der Waals surface area contributed by atoms with Gasteiger partial charge >= 0.3 is 0 Å². The third-order valence-corrected chi connectivity index (χ3v) is 6.64. The standard InChI is InChI=1S/C27H27NO4S/c1-20-24(29-17-21-11-5-2-6-12-21)25(30-18-22-13-7-3-8-14-22)26(31-19-28)27(32-20)33-23-15-9-4-10-16-23/h2-16,20,24-27H,17-18H2,1H3/t20-,24-,25+,26+,27+/m0/s1. The Morgan fingerprint density at radius 3 is 1.82 bits per heavy atom. The smallest absolute Gasteiger partial charge is 0.286 e. The van der Waals surface area contributed by atoms with Crippen molar-refractivity contribution in [2.75, 3.05) is 0 Å². The van der Waals surface area contributed by atoms with Crippen LogP contribution in [0.25, 0.3) is 0 Å². The van der Waals surface area contributed by atoms with Crippen LogP contribution in [0.1, 0.15) is 18.1 Å². The van der Waals surface area contributed by atoms with Gasteiger partial charge in [0, 0.05) is 4.90 Å². The highest BCUT2D eigenvalue weighted by Gasteiger charge is 2.48. The molecule has 1 aliphatic rings. The molecule has 0 bridgehead atoms. The van der Waals surface area contributed by atoms with E-state index in [1.165, 1.54) is 11.8 Å². The molecule has 5 nitrogen and oxygen atoms in total. The average molecular weight is 462 g/mol. The third kappa shape index (κ3) is 6.37. The van der Waals surface area contributed by atoms with E-state index in [1.807, 2.05) is 104 Å². The number of hydrogen-bond donors (Lipinski definition) is 0. The number of ether oxygens (including phenoxy) is 4. The Hall–Kier alpha value is -2.82. The van der Waals surface area contributed by atoms with Gasteiger partial charge in [-0.15, -0.1) is 0 Å². The molecule has 5 atom stereocenters. The molecular formula is C27H27NO4S. The maximum Gasteiger partial charge on any atom is 0.286 e. The fourth-order valence-corrected chi connectivity index (χ4v) is 5.00. The Labute approximate surface area is 199 Å². The Kier molecular flexibility index (Phi) is 8.40. The molecule has 0 radical (unpaired) electrons. The average Bonchev–Trinajstić information content (AvgIpc) is 2.86. The van der Waals surface area contributed by atoms with Crippen molar-refractivity contribution < 1.29 is 18.9 Å². The molecule has 0 spiro atoms. The van der Waals surface area contributed by atoms with Gasteiger partial charge in [-0.1, -0.05) is 90.6 Å². The Morgan fingerprint density at radius 2 is 1.27 bits per heavy atom. The minimum atomic E-state index is -0.624. The van der Waals surface area contributed by atoms with E-state index in [-0.39, 0.29) is 6.10 Å². The van der Waals surface area contributed by atoms with Crippen molar-refractivity contribution in [3.63, 3.8) is 0 Å². The van der Waals surface area contributed by atoms with Crippen molar-refractivity contribution >= 4 is 11.8 Å². The molecule has 170 valence electrons. The highest BCUT2D eigenvalue weighted by Crippen LogP contribution is 2.37. The van der Waals surface area contributed by atoms with E-state index in [0.717, 1.165) is 16.0 Å². The second-order valence-corrected chi connectivity index (χ2v) is 9.01. The molecule has 6 heteroatoms. The van der Waals surface area contributed by atoms with Crippen molar-refractivity contribution in [2.24, 2.45) is 0 Å². The monoisotopic (exact) mass is 461 g/mol. The summed E-state index contributed by atoms with van der Waals surface area (Å²) in [7, 11) is 0. The van der Waals surface area contributed by atoms with Gasteiger partial charge in [-0.3, -0.25) is 0 Å². The summed E-state index contributed by atoms with van der Waals surface area (Å²) in [5.41, 5.74) is 1.69. The lowest BCUT2D eigenvalue weighted by Gasteiger charge is -2.43. The van der Waals surface area contributed by atoms with Crippen molar-refractivity contribution in [1.29, 1.82) is 5.26 Å². The van der Waals surface area contributed by atoms with Crippen molar-refractivity contribution in [3.8, 4) is 6.26 Å². The summed E-state index contributed by atoms with van der Waals surface area (Å²) in [4.78, 5) is 1.03. The fourth-order valence-electron chi connectivity index (χ4n) is 3.84. The van der Waals surface area contributed by atoms with Crippen LogP contribution in [0.15, 0.2) is 95.9 Å². The van der Waals surface area contributed by atoms with Crippen LogP contribution in [0.5, 0.6) is 0 Å². The zero-order valence-corrected chi connectivity index (χ0v) is 19.3. The summed E-state index contributed by atoms with van der Waals surface area (Å²) < 4.78 is 24.6. The maximum absolute atomic E-state index is 9.43. The summed E-state index contributed by atoms with van der Waals surface area (Å²) in [6.07, 6.45) is 0.0918. The van der Waals surface area contributed by atoms with Crippen LogP contribution in [0.2, 0.25) is 0 Å². The summed E-state index contributed by atoms with van der Waals surface area (Å²) >= 11 is 1.52. The van der Waals surface area contributed by atoms with E-state index in [2.05, 4.69) is 0 Å². The van der Waals surface area contributed by atoms with Crippen LogP contribution < -0.4 is 0 Å². The van der Waals surface area contributed by atoms with Crippen molar-refractivity contribution in [3.05, 3.63) is 102 Å². The van der Waals surface area contributed by atoms with Gasteiger partial charge in [0.05, 0.1) is 19.3 Å². The first-order valence-corrected chi connectivity index (χ1v) is 11.9. The van der Waals surface area contributed by atoms with Crippen LogP contribution in [0, 0.1) is 11.5 Å². The molecule has 1 aliphatic heterocycles. The van der Waals surface area contributed by atoms with E-state index in [9.17, 15) is 5.26 Å². The van der Waals surface area contributed by atoms with Gasteiger partial charge in [0.1, 0.15) is 17.6 Å². The molecule has 0 saturated carbocycles. The zero-order chi connectivity index (χ0) is 22.9. The van der Waals surface area contributed by atoms with E-state index < -0.39 is 23.7 Å². The number of rotatable bonds is 9. The van der Waals surface area contributed by atoms with Crippen LogP contribution in [-0.2, 0) is 32.2 Å². The van der Waals surface area contributed by atoms with Gasteiger partial charge in [0.15, 0.2) is 6.10 Å². The molecule has 1 fully saturated rings. The first-order valence-electron chi connectivity index (χ1n) is 11.0. The number of thioether (sulfide) groups is 1. The molecule has 0 N–H and O–H groups in total. The second kappa shape index (κ2) is 11.9. The lowest BCUT2D eigenvalue weighted by Crippen LogP contribution is -2.58. The van der Waals surface area contributed by atoms with Crippen LogP contribution in [0.4, 0.5) is 0 Å². The van der Waals surface area contributed by atoms with Gasteiger partial charge in [0.25, 0.3) is 6.26 Å². The van der Waals surface area contributed by atoms with Gasteiger partial charge in [-0.05, 0) is 30.2 Å². The number of hydrogen-bond acceptors (Lipinski definition) is 6. The Balaban J connectivity index is 1.56. The second-order valence-electron chi connectivity index (χ2n) is 7.84. The van der Waals surface area contributed by atoms with Gasteiger partial charge in [0.2, 0.25) is 0 Å². The maximum atomic E-state index is 9.43. The van der Waals surface area contributed by atoms with E-state index in [1.54, 1.807) is 0 Å². The number of nitrogens with zero attached hydrogens (tertiary/aromatic N) is 1. The lowest BCUT2D eigenvalue weighted by molar-refractivity contribution is -0.228. The van der Waals surface area contributed by atoms with E-state index >= 15 is 0 Å². The molecule has 0 unspecified atom stereocenters. The minimum absolute atomic E-state index is 0.255. The number of benzene rings is 3. The Bertz CT molecular complexity index is 1010. The first-order chi connectivity index (χ1) is 16.2. The molecule has 4 rings (SSSR count). The van der Waals surface area contributed by atoms with Crippen molar-refractivity contribution in [1.82, 2.24) is 0 Å². The normalized spacial score (nSPS) is 24.7. The quantitative estimate of drug-likeness (QED) is 0.389. The predicted molar refractivity (Wildman–Crippen MR) is 127 cm³/mol. The van der Waals surface area contributed by atoms with E-state index in [4.69, 9.17) is 18.9 Å². The summed E-state index contributed by atoms with van der Waals surface area (Å²) in [6.45, 7) is 2.79. The molecular weight excluding hydrogens is 434 g/mol. The zero-order valence-electron chi connectivity index (χ0n) is 18.4. The molecule has 1 heterocycles. The van der Waals surface area contributed by atoms with Crippen LogP contribution in [-0.4, -0.2) is 29.9 Å².